The molecule has 0 radical (unpaired) electrons. The molecule has 2 aromatic heterocycles. The molecular formula is C20H13NO5S2. The first-order valence-corrected chi connectivity index (χ1v) is 10.2. The summed E-state index contributed by atoms with van der Waals surface area (Å²) in [5.74, 6) is -0.364. The highest BCUT2D eigenvalue weighted by Crippen LogP contribution is 2.45. The first-order chi connectivity index (χ1) is 13.6. The van der Waals surface area contributed by atoms with Gasteiger partial charge in [-0.05, 0) is 35.0 Å². The minimum Gasteiger partial charge on any atom is -0.503 e. The lowest BCUT2D eigenvalue weighted by molar-refractivity contribution is -0.117. The maximum Gasteiger partial charge on any atom is 0.294 e. The number of carbonyl (C=O) groups is 2. The molecule has 6 nitrogen and oxygen atoms in total. The quantitative estimate of drug-likeness (QED) is 0.647. The van der Waals surface area contributed by atoms with Crippen molar-refractivity contribution in [3.8, 4) is 11.5 Å². The van der Waals surface area contributed by atoms with Crippen molar-refractivity contribution in [1.29, 1.82) is 0 Å². The molecule has 0 aliphatic carbocycles. The Hall–Kier alpha value is -3.10. The van der Waals surface area contributed by atoms with E-state index in [0.717, 1.165) is 4.88 Å². The smallest absolute Gasteiger partial charge is 0.294 e. The van der Waals surface area contributed by atoms with Crippen LogP contribution in [0, 0.1) is 0 Å². The monoisotopic (exact) mass is 411 g/mol. The number of nitrogens with zero attached hydrogens (tertiary/aromatic N) is 1. The van der Waals surface area contributed by atoms with E-state index in [4.69, 9.17) is 9.47 Å². The zero-order valence-corrected chi connectivity index (χ0v) is 16.0. The number of fused-ring (bicyclic) bond motifs is 1. The van der Waals surface area contributed by atoms with E-state index >= 15 is 0 Å². The second-order valence-electron chi connectivity index (χ2n) is 6.20. The van der Waals surface area contributed by atoms with E-state index in [9.17, 15) is 14.7 Å². The Kier molecular flexibility index (Phi) is 3.96. The highest BCUT2D eigenvalue weighted by atomic mass is 32.1. The molecule has 1 aromatic carbocycles. The molecule has 28 heavy (non-hydrogen) atoms. The summed E-state index contributed by atoms with van der Waals surface area (Å²) in [5, 5.41) is 14.3. The van der Waals surface area contributed by atoms with E-state index in [2.05, 4.69) is 0 Å². The number of hydrogen-bond donors (Lipinski definition) is 1. The lowest BCUT2D eigenvalue weighted by atomic mass is 10.0. The van der Waals surface area contributed by atoms with Gasteiger partial charge in [0.1, 0.15) is 6.04 Å². The summed E-state index contributed by atoms with van der Waals surface area (Å²) >= 11 is 2.70. The van der Waals surface area contributed by atoms with Gasteiger partial charge in [-0.2, -0.15) is 0 Å². The van der Waals surface area contributed by atoms with Gasteiger partial charge < -0.3 is 14.6 Å². The molecule has 1 N–H and O–H groups in total. The molecule has 1 amide bonds. The minimum atomic E-state index is -0.706. The van der Waals surface area contributed by atoms with Crippen molar-refractivity contribution in [2.45, 2.75) is 6.04 Å². The number of anilines is 1. The lowest BCUT2D eigenvalue weighted by Crippen LogP contribution is -2.30. The van der Waals surface area contributed by atoms with Gasteiger partial charge in [-0.15, -0.1) is 22.7 Å². The van der Waals surface area contributed by atoms with Crippen molar-refractivity contribution in [1.82, 2.24) is 0 Å². The molecule has 3 aromatic rings. The molecule has 0 saturated carbocycles. The van der Waals surface area contributed by atoms with Crippen LogP contribution in [0.15, 0.2) is 64.6 Å². The summed E-state index contributed by atoms with van der Waals surface area (Å²) in [6, 6.07) is 11.6. The van der Waals surface area contributed by atoms with Crippen LogP contribution in [0.4, 0.5) is 5.69 Å². The number of amides is 1. The fourth-order valence-corrected chi connectivity index (χ4v) is 4.90. The molecule has 8 heteroatoms. The number of ether oxygens (including phenoxy) is 2. The van der Waals surface area contributed by atoms with E-state index in [-0.39, 0.29) is 18.1 Å². The molecule has 2 aliphatic heterocycles. The molecule has 5 rings (SSSR count). The van der Waals surface area contributed by atoms with Gasteiger partial charge in [0.05, 0.1) is 10.5 Å². The van der Waals surface area contributed by atoms with Crippen molar-refractivity contribution in [3.63, 3.8) is 0 Å². The summed E-state index contributed by atoms with van der Waals surface area (Å²) < 4.78 is 10.8. The Labute approximate surface area is 167 Å². The summed E-state index contributed by atoms with van der Waals surface area (Å²) in [5.41, 5.74) is 0.612. The third-order valence-corrected chi connectivity index (χ3v) is 6.44. The van der Waals surface area contributed by atoms with Crippen molar-refractivity contribution < 1.29 is 24.2 Å². The Morgan fingerprint density at radius 2 is 1.86 bits per heavy atom. The van der Waals surface area contributed by atoms with Gasteiger partial charge in [-0.3, -0.25) is 14.5 Å². The van der Waals surface area contributed by atoms with Crippen LogP contribution in [-0.2, 0) is 4.79 Å². The summed E-state index contributed by atoms with van der Waals surface area (Å²) in [4.78, 5) is 28.8. The Morgan fingerprint density at radius 3 is 2.61 bits per heavy atom. The third kappa shape index (κ3) is 2.53. The Morgan fingerprint density at radius 1 is 1.07 bits per heavy atom. The fourth-order valence-electron chi connectivity index (χ4n) is 3.40. The van der Waals surface area contributed by atoms with E-state index in [1.807, 2.05) is 17.5 Å². The van der Waals surface area contributed by atoms with Crippen LogP contribution < -0.4 is 14.4 Å². The lowest BCUT2D eigenvalue weighted by Gasteiger charge is -2.25. The van der Waals surface area contributed by atoms with E-state index in [0.29, 0.717) is 22.1 Å². The molecule has 0 fully saturated rings. The van der Waals surface area contributed by atoms with Gasteiger partial charge in [0, 0.05) is 16.6 Å². The molecule has 0 bridgehead atoms. The molecule has 1 atom stereocenters. The number of Topliss-reactive ketones (excluding diaryl/α,β-unsaturated/α-hetero) is 1. The van der Waals surface area contributed by atoms with Gasteiger partial charge in [0.15, 0.2) is 17.3 Å². The number of thiophene rings is 2. The largest absolute Gasteiger partial charge is 0.503 e. The van der Waals surface area contributed by atoms with Crippen LogP contribution in [0.3, 0.4) is 0 Å². The Bertz CT molecular complexity index is 1100. The molecule has 4 heterocycles. The Balaban J connectivity index is 1.64. The minimum absolute atomic E-state index is 0.0903. The molecule has 140 valence electrons. The zero-order valence-electron chi connectivity index (χ0n) is 14.3. The maximum absolute atomic E-state index is 13.1. The predicted molar refractivity (Wildman–Crippen MR) is 105 cm³/mol. The second-order valence-corrected chi connectivity index (χ2v) is 8.13. The molecule has 0 spiro atoms. The molecule has 1 unspecified atom stereocenters. The van der Waals surface area contributed by atoms with Gasteiger partial charge in [-0.25, -0.2) is 0 Å². The number of aliphatic hydroxyl groups excluding tert-OH is 1. The van der Waals surface area contributed by atoms with Crippen molar-refractivity contribution in [2.24, 2.45) is 0 Å². The zero-order chi connectivity index (χ0) is 19.3. The molecular weight excluding hydrogens is 398 g/mol. The average Bonchev–Trinajstić information content (AvgIpc) is 3.49. The van der Waals surface area contributed by atoms with Gasteiger partial charge in [0.2, 0.25) is 12.6 Å². The van der Waals surface area contributed by atoms with Crippen LogP contribution in [0.2, 0.25) is 0 Å². The van der Waals surface area contributed by atoms with Crippen molar-refractivity contribution in [2.75, 3.05) is 11.7 Å². The maximum atomic E-state index is 13.1. The van der Waals surface area contributed by atoms with E-state index in [1.165, 1.54) is 27.6 Å². The number of ketones is 1. The van der Waals surface area contributed by atoms with Crippen molar-refractivity contribution >= 4 is 40.1 Å². The first-order valence-electron chi connectivity index (χ1n) is 8.43. The molecule has 2 aliphatic rings. The number of carbonyl (C=O) groups excluding carboxylic acids is 2. The van der Waals surface area contributed by atoms with Gasteiger partial charge >= 0.3 is 0 Å². The summed E-state index contributed by atoms with van der Waals surface area (Å²) in [7, 11) is 0. The molecule has 0 saturated heterocycles. The van der Waals surface area contributed by atoms with Crippen LogP contribution >= 0.6 is 22.7 Å². The SMILES string of the molecule is O=C(C1=C(O)C(=O)N(c2ccc3c(c2)OCO3)C1c1cccs1)c1cccs1. The first kappa shape index (κ1) is 17.0. The summed E-state index contributed by atoms with van der Waals surface area (Å²) in [6.45, 7) is 0.118. The van der Waals surface area contributed by atoms with Gasteiger partial charge in [-0.1, -0.05) is 12.1 Å². The number of aliphatic hydroxyl groups is 1. The second kappa shape index (κ2) is 6.50. The normalized spacial score (nSPS) is 18.2. The number of benzene rings is 1. The van der Waals surface area contributed by atoms with Gasteiger partial charge in [0.25, 0.3) is 5.91 Å². The van der Waals surface area contributed by atoms with E-state index in [1.54, 1.807) is 35.7 Å². The topological polar surface area (TPSA) is 76.1 Å². The third-order valence-electron chi connectivity index (χ3n) is 4.64. The highest BCUT2D eigenvalue weighted by Gasteiger charge is 2.45. The van der Waals surface area contributed by atoms with Crippen molar-refractivity contribution in [3.05, 3.63) is 74.3 Å². The number of rotatable bonds is 4. The van der Waals surface area contributed by atoms with Crippen LogP contribution in [0.5, 0.6) is 11.5 Å². The highest BCUT2D eigenvalue weighted by molar-refractivity contribution is 7.12. The van der Waals surface area contributed by atoms with Crippen LogP contribution in [0.25, 0.3) is 0 Å². The van der Waals surface area contributed by atoms with Crippen LogP contribution in [0.1, 0.15) is 20.6 Å². The average molecular weight is 411 g/mol. The number of hydrogen-bond acceptors (Lipinski definition) is 7. The standard InChI is InChI=1S/C20H13NO5S2/c22-18(15-4-2-8-28-15)16-17(14-3-1-7-27-14)21(20(24)19(16)23)11-5-6-12-13(9-11)26-10-25-12/h1-9,17,23H,10H2. The fraction of sp³-hybridized carbons (Fsp3) is 0.100. The predicted octanol–water partition coefficient (Wildman–Crippen LogP) is 4.32. The van der Waals surface area contributed by atoms with E-state index < -0.39 is 17.7 Å². The summed E-state index contributed by atoms with van der Waals surface area (Å²) in [6.07, 6.45) is 0. The van der Waals surface area contributed by atoms with Crippen LogP contribution in [-0.4, -0.2) is 23.6 Å².